The standard InChI is InChI=1S/C14H23NOS/c1-15(10-13-6-5-9-17-13)11-14(12-16)7-3-2-4-8-14/h5-6,9,16H,2-4,7-8,10-12H2,1H3. The molecule has 1 aliphatic carbocycles. The maximum absolute atomic E-state index is 9.69. The Morgan fingerprint density at radius 2 is 2.12 bits per heavy atom. The molecule has 0 unspecified atom stereocenters. The van der Waals surface area contributed by atoms with Crippen LogP contribution in [0.5, 0.6) is 0 Å². The van der Waals surface area contributed by atoms with Crippen LogP contribution in [0.4, 0.5) is 0 Å². The smallest absolute Gasteiger partial charge is 0.0499 e. The van der Waals surface area contributed by atoms with Gasteiger partial charge in [-0.15, -0.1) is 11.3 Å². The SMILES string of the molecule is CN(Cc1cccs1)CC1(CO)CCCCC1. The minimum Gasteiger partial charge on any atom is -0.396 e. The highest BCUT2D eigenvalue weighted by Gasteiger charge is 2.32. The fraction of sp³-hybridized carbons (Fsp3) is 0.714. The lowest BCUT2D eigenvalue weighted by Gasteiger charge is -2.38. The third-order valence-electron chi connectivity index (χ3n) is 3.86. The van der Waals surface area contributed by atoms with E-state index in [1.807, 2.05) is 11.3 Å². The molecule has 1 aromatic heterocycles. The van der Waals surface area contributed by atoms with Gasteiger partial charge in [0.15, 0.2) is 0 Å². The Morgan fingerprint density at radius 3 is 2.71 bits per heavy atom. The van der Waals surface area contributed by atoms with Crippen molar-refractivity contribution in [1.29, 1.82) is 0 Å². The van der Waals surface area contributed by atoms with Gasteiger partial charge in [-0.25, -0.2) is 0 Å². The van der Waals surface area contributed by atoms with Gasteiger partial charge in [-0.05, 0) is 31.3 Å². The molecular formula is C14H23NOS. The first-order chi connectivity index (χ1) is 8.24. The number of aliphatic hydroxyl groups excluding tert-OH is 1. The molecule has 3 heteroatoms. The Morgan fingerprint density at radius 1 is 1.35 bits per heavy atom. The molecule has 0 bridgehead atoms. The summed E-state index contributed by atoms with van der Waals surface area (Å²) < 4.78 is 0. The van der Waals surface area contributed by atoms with E-state index in [9.17, 15) is 5.11 Å². The van der Waals surface area contributed by atoms with Gasteiger partial charge >= 0.3 is 0 Å². The highest BCUT2D eigenvalue weighted by atomic mass is 32.1. The van der Waals surface area contributed by atoms with Gasteiger partial charge in [-0.3, -0.25) is 0 Å². The number of hydrogen-bond donors (Lipinski definition) is 1. The molecule has 1 saturated carbocycles. The Labute approximate surface area is 108 Å². The quantitative estimate of drug-likeness (QED) is 0.871. The van der Waals surface area contributed by atoms with Gasteiger partial charge in [-0.1, -0.05) is 25.3 Å². The molecular weight excluding hydrogens is 230 g/mol. The Hall–Kier alpha value is -0.380. The van der Waals surface area contributed by atoms with Gasteiger partial charge in [0.2, 0.25) is 0 Å². The number of aliphatic hydroxyl groups is 1. The first-order valence-electron chi connectivity index (χ1n) is 6.56. The van der Waals surface area contributed by atoms with Crippen LogP contribution >= 0.6 is 11.3 Å². The summed E-state index contributed by atoms with van der Waals surface area (Å²) in [5, 5.41) is 11.8. The van der Waals surface area contributed by atoms with E-state index in [1.165, 1.54) is 37.0 Å². The van der Waals surface area contributed by atoms with Gasteiger partial charge in [0.1, 0.15) is 0 Å². The zero-order valence-electron chi connectivity index (χ0n) is 10.7. The van der Waals surface area contributed by atoms with Crippen LogP contribution in [0.3, 0.4) is 0 Å². The first-order valence-corrected chi connectivity index (χ1v) is 7.44. The van der Waals surface area contributed by atoms with Crippen LogP contribution in [0.25, 0.3) is 0 Å². The van der Waals surface area contributed by atoms with Gasteiger partial charge in [0.05, 0.1) is 0 Å². The molecule has 17 heavy (non-hydrogen) atoms. The molecule has 2 rings (SSSR count). The van der Waals surface area contributed by atoms with E-state index in [1.54, 1.807) is 0 Å². The van der Waals surface area contributed by atoms with E-state index in [0.717, 1.165) is 13.1 Å². The van der Waals surface area contributed by atoms with Gasteiger partial charge in [0.25, 0.3) is 0 Å². The number of thiophene rings is 1. The maximum Gasteiger partial charge on any atom is 0.0499 e. The van der Waals surface area contributed by atoms with Crippen molar-refractivity contribution in [1.82, 2.24) is 4.90 Å². The molecule has 1 N–H and O–H groups in total. The van der Waals surface area contributed by atoms with Gasteiger partial charge in [0, 0.05) is 30.0 Å². The summed E-state index contributed by atoms with van der Waals surface area (Å²) in [6.45, 7) is 2.39. The molecule has 2 nitrogen and oxygen atoms in total. The first kappa shape index (κ1) is 13.1. The van der Waals surface area contributed by atoms with Crippen LogP contribution in [0, 0.1) is 5.41 Å². The van der Waals surface area contributed by atoms with Crippen LogP contribution in [0.15, 0.2) is 17.5 Å². The molecule has 96 valence electrons. The predicted octanol–water partition coefficient (Wildman–Crippen LogP) is 3.12. The van der Waals surface area contributed by atoms with Crippen molar-refractivity contribution >= 4 is 11.3 Å². The van der Waals surface area contributed by atoms with E-state index < -0.39 is 0 Å². The average molecular weight is 253 g/mol. The fourth-order valence-corrected chi connectivity index (χ4v) is 3.75. The minimum absolute atomic E-state index is 0.171. The van der Waals surface area contributed by atoms with Crippen molar-refractivity contribution in [3.8, 4) is 0 Å². The van der Waals surface area contributed by atoms with Crippen molar-refractivity contribution in [3.63, 3.8) is 0 Å². The Balaban J connectivity index is 1.89. The molecule has 1 heterocycles. The monoisotopic (exact) mass is 253 g/mol. The average Bonchev–Trinajstić information content (AvgIpc) is 2.83. The summed E-state index contributed by atoms with van der Waals surface area (Å²) in [5.74, 6) is 0. The maximum atomic E-state index is 9.69. The summed E-state index contributed by atoms with van der Waals surface area (Å²) >= 11 is 1.82. The fourth-order valence-electron chi connectivity index (χ4n) is 2.97. The molecule has 0 spiro atoms. The molecule has 0 saturated heterocycles. The summed E-state index contributed by atoms with van der Waals surface area (Å²) in [5.41, 5.74) is 0.171. The third-order valence-corrected chi connectivity index (χ3v) is 4.72. The lowest BCUT2D eigenvalue weighted by atomic mass is 9.74. The summed E-state index contributed by atoms with van der Waals surface area (Å²) in [4.78, 5) is 3.78. The van der Waals surface area contributed by atoms with Gasteiger partial charge < -0.3 is 10.0 Å². The zero-order chi connectivity index (χ0) is 12.1. The second-order valence-corrected chi connectivity index (χ2v) is 6.50. The van der Waals surface area contributed by atoms with Crippen molar-refractivity contribution in [3.05, 3.63) is 22.4 Å². The molecule has 1 fully saturated rings. The van der Waals surface area contributed by atoms with Crippen molar-refractivity contribution in [2.75, 3.05) is 20.2 Å². The lowest BCUT2D eigenvalue weighted by Crippen LogP contribution is -2.39. The Kier molecular flexibility index (Phi) is 4.60. The van der Waals surface area contributed by atoms with Gasteiger partial charge in [-0.2, -0.15) is 0 Å². The van der Waals surface area contributed by atoms with Crippen molar-refractivity contribution in [2.45, 2.75) is 38.6 Å². The highest BCUT2D eigenvalue weighted by molar-refractivity contribution is 7.09. The van der Waals surface area contributed by atoms with Crippen LogP contribution in [-0.4, -0.2) is 30.2 Å². The topological polar surface area (TPSA) is 23.5 Å². The Bertz CT molecular complexity index is 317. The second-order valence-electron chi connectivity index (χ2n) is 5.47. The van der Waals surface area contributed by atoms with Crippen molar-refractivity contribution in [2.24, 2.45) is 5.41 Å². The van der Waals surface area contributed by atoms with Crippen molar-refractivity contribution < 1.29 is 5.11 Å². The molecule has 0 atom stereocenters. The van der Waals surface area contributed by atoms with E-state index in [4.69, 9.17) is 0 Å². The van der Waals surface area contributed by atoms with Crippen LogP contribution in [0.2, 0.25) is 0 Å². The van der Waals surface area contributed by atoms with Crippen LogP contribution in [0.1, 0.15) is 37.0 Å². The van der Waals surface area contributed by atoms with E-state index in [2.05, 4.69) is 29.5 Å². The van der Waals surface area contributed by atoms with E-state index >= 15 is 0 Å². The highest BCUT2D eigenvalue weighted by Crippen LogP contribution is 2.36. The largest absolute Gasteiger partial charge is 0.396 e. The third kappa shape index (κ3) is 3.54. The summed E-state index contributed by atoms with van der Waals surface area (Å²) in [6, 6.07) is 4.30. The molecule has 1 aliphatic rings. The van der Waals surface area contributed by atoms with E-state index in [-0.39, 0.29) is 5.41 Å². The number of rotatable bonds is 5. The van der Waals surface area contributed by atoms with Crippen LogP contribution < -0.4 is 0 Å². The predicted molar refractivity (Wildman–Crippen MR) is 73.3 cm³/mol. The summed E-state index contributed by atoms with van der Waals surface area (Å²) in [6.07, 6.45) is 6.30. The summed E-state index contributed by atoms with van der Waals surface area (Å²) in [7, 11) is 2.17. The van der Waals surface area contributed by atoms with Crippen LogP contribution in [-0.2, 0) is 6.54 Å². The molecule has 0 aliphatic heterocycles. The number of nitrogens with zero attached hydrogens (tertiary/aromatic N) is 1. The normalized spacial score (nSPS) is 19.7. The molecule has 0 amide bonds. The lowest BCUT2D eigenvalue weighted by molar-refractivity contribution is 0.0466. The minimum atomic E-state index is 0.171. The second kappa shape index (κ2) is 5.98. The van der Waals surface area contributed by atoms with E-state index in [0.29, 0.717) is 6.61 Å². The molecule has 0 radical (unpaired) electrons. The number of hydrogen-bond acceptors (Lipinski definition) is 3. The molecule has 1 aromatic rings. The zero-order valence-corrected chi connectivity index (χ0v) is 11.5. The molecule has 0 aromatic carbocycles.